The number of hydrogen-bond acceptors (Lipinski definition) is 6. The third-order valence-electron chi connectivity index (χ3n) is 2.77. The van der Waals surface area contributed by atoms with Gasteiger partial charge in [0.15, 0.2) is 11.6 Å². The van der Waals surface area contributed by atoms with Crippen molar-refractivity contribution in [2.24, 2.45) is 0 Å². The van der Waals surface area contributed by atoms with E-state index in [-0.39, 0.29) is 11.4 Å². The molecule has 0 saturated carbocycles. The van der Waals surface area contributed by atoms with Crippen LogP contribution in [0.15, 0.2) is 34.9 Å². The Balaban J connectivity index is 2.06. The number of nitrogens with one attached hydrogen (secondary N) is 1. The van der Waals surface area contributed by atoms with Gasteiger partial charge in [0.05, 0.1) is 17.4 Å². The van der Waals surface area contributed by atoms with Gasteiger partial charge in [0.2, 0.25) is 10.0 Å². The molecule has 8 heteroatoms. The minimum absolute atomic E-state index is 0.0831. The zero-order valence-electron chi connectivity index (χ0n) is 11.7. The monoisotopic (exact) mass is 319 g/mol. The molecule has 7 nitrogen and oxygen atoms in total. The zero-order chi connectivity index (χ0) is 16.2. The summed E-state index contributed by atoms with van der Waals surface area (Å²) in [5.74, 6) is -0.852. The lowest BCUT2D eigenvalue weighted by atomic mass is 10.2. The van der Waals surface area contributed by atoms with Crippen LogP contribution in [0.2, 0.25) is 0 Å². The number of carbonyl (C=O) groups is 1. The summed E-state index contributed by atoms with van der Waals surface area (Å²) in [6.07, 6.45) is 1.62. The number of hydrogen-bond donors (Lipinski definition) is 1. The van der Waals surface area contributed by atoms with Crippen LogP contribution in [0.3, 0.4) is 0 Å². The largest absolute Gasteiger partial charge is 0.448 e. The van der Waals surface area contributed by atoms with E-state index < -0.39 is 15.9 Å². The van der Waals surface area contributed by atoms with Gasteiger partial charge in [-0.05, 0) is 17.7 Å². The van der Waals surface area contributed by atoms with Crippen LogP contribution in [-0.2, 0) is 22.2 Å². The van der Waals surface area contributed by atoms with Crippen molar-refractivity contribution >= 4 is 15.9 Å². The second kappa shape index (κ2) is 6.41. The van der Waals surface area contributed by atoms with Crippen LogP contribution < -0.4 is 4.72 Å². The first-order valence-electron chi connectivity index (χ1n) is 6.42. The van der Waals surface area contributed by atoms with Crippen molar-refractivity contribution in [3.05, 3.63) is 53.2 Å². The summed E-state index contributed by atoms with van der Waals surface area (Å²) >= 11 is 0. The fourth-order valence-corrected chi connectivity index (χ4v) is 2.79. The molecule has 0 unspecified atom stereocenters. The molecule has 0 aliphatic carbocycles. The Kier molecular flexibility index (Phi) is 4.58. The third-order valence-corrected chi connectivity index (χ3v) is 3.98. The molecule has 2 aromatic rings. The smallest absolute Gasteiger partial charge is 0.286 e. The number of aromatic nitrogens is 1. The molecule has 0 aliphatic heterocycles. The number of nitriles is 1. The number of aryl methyl sites for hydroxylation is 1. The maximum absolute atomic E-state index is 12.0. The Morgan fingerprint density at radius 1 is 1.36 bits per heavy atom. The Hall–Kier alpha value is -2.66. The quantitative estimate of drug-likeness (QED) is 0.890. The number of sulfonamides is 1. The highest BCUT2D eigenvalue weighted by molar-refractivity contribution is 7.89. The summed E-state index contributed by atoms with van der Waals surface area (Å²) in [7, 11) is -3.86. The molecule has 0 aliphatic rings. The van der Waals surface area contributed by atoms with E-state index in [2.05, 4.69) is 4.98 Å². The maximum Gasteiger partial charge on any atom is 0.286 e. The minimum atomic E-state index is -3.86. The first-order chi connectivity index (χ1) is 10.4. The molecule has 114 valence electrons. The van der Waals surface area contributed by atoms with Gasteiger partial charge >= 0.3 is 0 Å². The molecule has 0 saturated heterocycles. The van der Waals surface area contributed by atoms with Gasteiger partial charge in [0, 0.05) is 6.42 Å². The number of benzene rings is 1. The van der Waals surface area contributed by atoms with Crippen molar-refractivity contribution < 1.29 is 17.6 Å². The van der Waals surface area contributed by atoms with Crippen LogP contribution in [0.5, 0.6) is 0 Å². The highest BCUT2D eigenvalue weighted by atomic mass is 32.2. The lowest BCUT2D eigenvalue weighted by Gasteiger charge is -2.05. The van der Waals surface area contributed by atoms with Crippen molar-refractivity contribution in [3.8, 4) is 6.07 Å². The van der Waals surface area contributed by atoms with Crippen LogP contribution in [0, 0.1) is 11.3 Å². The summed E-state index contributed by atoms with van der Waals surface area (Å²) in [5.41, 5.74) is 0.814. The molecular formula is C14H13N3O4S. The van der Waals surface area contributed by atoms with Gasteiger partial charge in [-0.15, -0.1) is 0 Å². The molecule has 0 fully saturated rings. The average molecular weight is 319 g/mol. The minimum Gasteiger partial charge on any atom is -0.448 e. The van der Waals surface area contributed by atoms with Gasteiger partial charge in [-0.1, -0.05) is 19.1 Å². The Labute approximate surface area is 127 Å². The summed E-state index contributed by atoms with van der Waals surface area (Å²) in [6.45, 7) is 1.80. The van der Waals surface area contributed by atoms with Crippen molar-refractivity contribution in [1.29, 1.82) is 5.26 Å². The zero-order valence-corrected chi connectivity index (χ0v) is 12.6. The number of amides is 1. The van der Waals surface area contributed by atoms with E-state index in [9.17, 15) is 13.2 Å². The van der Waals surface area contributed by atoms with E-state index in [1.165, 1.54) is 24.3 Å². The van der Waals surface area contributed by atoms with Crippen LogP contribution >= 0.6 is 0 Å². The molecule has 0 radical (unpaired) electrons. The van der Waals surface area contributed by atoms with E-state index in [1.807, 2.05) is 10.8 Å². The van der Waals surface area contributed by atoms with Gasteiger partial charge in [0.1, 0.15) is 6.26 Å². The van der Waals surface area contributed by atoms with E-state index in [0.29, 0.717) is 23.4 Å². The highest BCUT2D eigenvalue weighted by Gasteiger charge is 2.19. The van der Waals surface area contributed by atoms with E-state index in [0.717, 1.165) is 6.26 Å². The fraction of sp³-hybridized carbons (Fsp3) is 0.214. The molecule has 1 aromatic carbocycles. The lowest BCUT2D eigenvalue weighted by molar-refractivity contribution is 0.0976. The van der Waals surface area contributed by atoms with Crippen LogP contribution in [0.4, 0.5) is 0 Å². The van der Waals surface area contributed by atoms with Gasteiger partial charge in [-0.25, -0.2) is 18.1 Å². The van der Waals surface area contributed by atoms with Crippen LogP contribution in [-0.4, -0.2) is 19.3 Å². The Bertz CT molecular complexity index is 817. The second-order valence-corrected chi connectivity index (χ2v) is 6.20. The van der Waals surface area contributed by atoms with Gasteiger partial charge in [0.25, 0.3) is 5.91 Å². The molecular weight excluding hydrogens is 306 g/mol. The maximum atomic E-state index is 12.0. The summed E-state index contributed by atoms with van der Waals surface area (Å²) in [5, 5.41) is 8.69. The molecule has 2 rings (SSSR count). The average Bonchev–Trinajstić information content (AvgIpc) is 2.96. The molecule has 1 heterocycles. The summed E-state index contributed by atoms with van der Waals surface area (Å²) < 4.78 is 30.8. The first-order valence-corrected chi connectivity index (χ1v) is 8.07. The first kappa shape index (κ1) is 15.7. The molecule has 0 spiro atoms. The number of nitrogens with zero attached hydrogens (tertiary/aromatic N) is 2. The predicted octanol–water partition coefficient (Wildman–Crippen LogP) is 1.37. The van der Waals surface area contributed by atoms with Crippen molar-refractivity contribution in [2.45, 2.75) is 19.1 Å². The van der Waals surface area contributed by atoms with Crippen molar-refractivity contribution in [1.82, 2.24) is 9.71 Å². The second-order valence-electron chi connectivity index (χ2n) is 4.48. The van der Waals surface area contributed by atoms with E-state index in [1.54, 1.807) is 6.92 Å². The highest BCUT2D eigenvalue weighted by Crippen LogP contribution is 2.08. The lowest BCUT2D eigenvalue weighted by Crippen LogP contribution is -2.31. The summed E-state index contributed by atoms with van der Waals surface area (Å²) in [6, 6.07) is 8.01. The molecule has 0 bridgehead atoms. The SMILES string of the molecule is CCc1nc(C(=O)NS(=O)(=O)Cc2ccc(C#N)cc2)co1. The Morgan fingerprint density at radius 2 is 2.05 bits per heavy atom. The van der Waals surface area contributed by atoms with Crippen LogP contribution in [0.1, 0.15) is 34.4 Å². The van der Waals surface area contributed by atoms with Crippen LogP contribution in [0.25, 0.3) is 0 Å². The molecule has 1 aromatic heterocycles. The molecule has 22 heavy (non-hydrogen) atoms. The number of carbonyl (C=O) groups excluding carboxylic acids is 1. The molecule has 0 atom stereocenters. The standard InChI is InChI=1S/C14H13N3O4S/c1-2-13-16-12(8-21-13)14(18)17-22(19,20)9-11-5-3-10(7-15)4-6-11/h3-6,8H,2,9H2,1H3,(H,17,18). The number of rotatable bonds is 5. The Morgan fingerprint density at radius 3 is 2.59 bits per heavy atom. The third kappa shape index (κ3) is 3.93. The van der Waals surface area contributed by atoms with E-state index in [4.69, 9.17) is 9.68 Å². The topological polar surface area (TPSA) is 113 Å². The van der Waals surface area contributed by atoms with E-state index >= 15 is 0 Å². The van der Waals surface area contributed by atoms with Gasteiger partial charge in [-0.3, -0.25) is 4.79 Å². The predicted molar refractivity (Wildman–Crippen MR) is 77.1 cm³/mol. The van der Waals surface area contributed by atoms with Crippen molar-refractivity contribution in [2.75, 3.05) is 0 Å². The normalized spacial score (nSPS) is 10.9. The fourth-order valence-electron chi connectivity index (χ4n) is 1.70. The summed E-state index contributed by atoms with van der Waals surface area (Å²) in [4.78, 5) is 15.7. The number of oxazole rings is 1. The van der Waals surface area contributed by atoms with Gasteiger partial charge < -0.3 is 4.42 Å². The molecule has 1 amide bonds. The van der Waals surface area contributed by atoms with Crippen molar-refractivity contribution in [3.63, 3.8) is 0 Å². The van der Waals surface area contributed by atoms with Gasteiger partial charge in [-0.2, -0.15) is 5.26 Å². The molecule has 1 N–H and O–H groups in total.